The fourth-order valence-corrected chi connectivity index (χ4v) is 2.48. The van der Waals surface area contributed by atoms with Crippen molar-refractivity contribution in [1.29, 1.82) is 0 Å². The predicted molar refractivity (Wildman–Crippen MR) is 78.3 cm³/mol. The van der Waals surface area contributed by atoms with E-state index in [1.807, 2.05) is 0 Å². The van der Waals surface area contributed by atoms with Crippen molar-refractivity contribution in [3.05, 3.63) is 16.3 Å². The van der Waals surface area contributed by atoms with Gasteiger partial charge in [0.15, 0.2) is 0 Å². The summed E-state index contributed by atoms with van der Waals surface area (Å²) in [5.74, 6) is 0.185. The minimum absolute atomic E-state index is 0.0863. The summed E-state index contributed by atoms with van der Waals surface area (Å²) in [5, 5.41) is 6.93. The molecule has 1 aromatic heterocycles. The molecule has 22 heavy (non-hydrogen) atoms. The molecular weight excluding hydrogens is 288 g/mol. The van der Waals surface area contributed by atoms with Gasteiger partial charge >= 0.3 is 11.7 Å². The number of nitrogens with zero attached hydrogens (tertiary/aromatic N) is 3. The Balaban J connectivity index is 1.84. The molecule has 8 nitrogen and oxygen atoms in total. The third-order valence-electron chi connectivity index (χ3n) is 3.68. The molecule has 0 bridgehead atoms. The highest BCUT2D eigenvalue weighted by molar-refractivity contribution is 5.75. The largest absolute Gasteiger partial charge is 0.469 e. The van der Waals surface area contributed by atoms with E-state index in [9.17, 15) is 14.4 Å². The Morgan fingerprint density at radius 1 is 1.32 bits per heavy atom. The van der Waals surface area contributed by atoms with E-state index in [0.29, 0.717) is 19.5 Å². The molecule has 0 atom stereocenters. The molecule has 2 heterocycles. The van der Waals surface area contributed by atoms with E-state index in [2.05, 4.69) is 15.2 Å². The molecule has 0 aromatic carbocycles. The first-order valence-electron chi connectivity index (χ1n) is 7.62. The van der Waals surface area contributed by atoms with Crippen molar-refractivity contribution in [1.82, 2.24) is 19.7 Å². The third-order valence-corrected chi connectivity index (χ3v) is 3.68. The number of carbonyl (C=O) groups excluding carboxylic acids is 2. The number of esters is 1. The first-order valence-corrected chi connectivity index (χ1v) is 7.62. The SMILES string of the molecule is COC(=O)CCCNC(=O)Cn1nc2n(c1=O)CCCCC2. The Morgan fingerprint density at radius 2 is 2.14 bits per heavy atom. The predicted octanol–water partition coefficient (Wildman–Crippen LogP) is -0.159. The molecular formula is C14H22N4O4. The number of amides is 1. The standard InChI is InChI=1S/C14H22N4O4/c1-22-13(20)7-5-8-15-12(19)10-18-14(21)17-9-4-2-3-6-11(17)16-18/h2-10H2,1H3,(H,15,19). The van der Waals surface area contributed by atoms with Crippen molar-refractivity contribution in [3.8, 4) is 0 Å². The molecule has 0 saturated heterocycles. The molecule has 0 radical (unpaired) electrons. The molecule has 122 valence electrons. The molecule has 1 aliphatic heterocycles. The molecule has 0 saturated carbocycles. The lowest BCUT2D eigenvalue weighted by Gasteiger charge is -2.04. The summed E-state index contributed by atoms with van der Waals surface area (Å²) in [6.45, 7) is 0.961. The number of aromatic nitrogens is 3. The van der Waals surface area contributed by atoms with Gasteiger partial charge in [0.25, 0.3) is 0 Å². The van der Waals surface area contributed by atoms with Gasteiger partial charge in [0.1, 0.15) is 12.4 Å². The van der Waals surface area contributed by atoms with Gasteiger partial charge in [0.2, 0.25) is 5.91 Å². The summed E-state index contributed by atoms with van der Waals surface area (Å²) >= 11 is 0. The lowest BCUT2D eigenvalue weighted by atomic mass is 10.2. The Kier molecular flexibility index (Phi) is 5.74. The van der Waals surface area contributed by atoms with Crippen LogP contribution >= 0.6 is 0 Å². The van der Waals surface area contributed by atoms with E-state index >= 15 is 0 Å². The van der Waals surface area contributed by atoms with E-state index in [-0.39, 0.29) is 30.5 Å². The molecule has 1 N–H and O–H groups in total. The van der Waals surface area contributed by atoms with Crippen LogP contribution in [-0.2, 0) is 33.8 Å². The van der Waals surface area contributed by atoms with Crippen LogP contribution < -0.4 is 11.0 Å². The Morgan fingerprint density at radius 3 is 2.91 bits per heavy atom. The molecule has 2 rings (SSSR count). The van der Waals surface area contributed by atoms with E-state index in [1.54, 1.807) is 4.57 Å². The number of hydrogen-bond acceptors (Lipinski definition) is 5. The van der Waals surface area contributed by atoms with E-state index in [4.69, 9.17) is 0 Å². The summed E-state index contributed by atoms with van der Waals surface area (Å²) in [6.07, 6.45) is 4.64. The number of fused-ring (bicyclic) bond motifs is 1. The van der Waals surface area contributed by atoms with Gasteiger partial charge in [-0.1, -0.05) is 6.42 Å². The van der Waals surface area contributed by atoms with Crippen LogP contribution in [0.15, 0.2) is 4.79 Å². The minimum Gasteiger partial charge on any atom is -0.469 e. The topological polar surface area (TPSA) is 95.2 Å². The zero-order chi connectivity index (χ0) is 15.9. The quantitative estimate of drug-likeness (QED) is 0.582. The second-order valence-electron chi connectivity index (χ2n) is 5.35. The molecule has 0 spiro atoms. The highest BCUT2D eigenvalue weighted by Crippen LogP contribution is 2.10. The maximum absolute atomic E-state index is 12.2. The highest BCUT2D eigenvalue weighted by atomic mass is 16.5. The summed E-state index contributed by atoms with van der Waals surface area (Å²) in [7, 11) is 1.33. The molecule has 0 unspecified atom stereocenters. The van der Waals surface area contributed by atoms with Crippen LogP contribution in [0.3, 0.4) is 0 Å². The van der Waals surface area contributed by atoms with Gasteiger partial charge in [0.05, 0.1) is 7.11 Å². The third kappa shape index (κ3) is 4.19. The monoisotopic (exact) mass is 310 g/mol. The molecule has 8 heteroatoms. The van der Waals surface area contributed by atoms with Crippen LogP contribution in [-0.4, -0.2) is 39.9 Å². The first-order chi connectivity index (χ1) is 10.6. The molecule has 0 fully saturated rings. The maximum atomic E-state index is 12.2. The number of ether oxygens (including phenoxy) is 1. The van der Waals surface area contributed by atoms with Crippen molar-refractivity contribution < 1.29 is 14.3 Å². The Labute approximate surface area is 128 Å². The van der Waals surface area contributed by atoms with Crippen molar-refractivity contribution in [2.75, 3.05) is 13.7 Å². The van der Waals surface area contributed by atoms with Crippen LogP contribution in [0.2, 0.25) is 0 Å². The van der Waals surface area contributed by atoms with Crippen LogP contribution in [0.5, 0.6) is 0 Å². The normalized spacial score (nSPS) is 14.0. The summed E-state index contributed by atoms with van der Waals surface area (Å²) in [6, 6.07) is 0. The van der Waals surface area contributed by atoms with Crippen molar-refractivity contribution in [2.45, 2.75) is 51.6 Å². The number of hydrogen-bond donors (Lipinski definition) is 1. The number of aryl methyl sites for hydroxylation is 1. The van der Waals surface area contributed by atoms with Gasteiger partial charge in [-0.05, 0) is 19.3 Å². The maximum Gasteiger partial charge on any atom is 0.346 e. The second kappa shape index (κ2) is 7.77. The number of methoxy groups -OCH3 is 1. The van der Waals surface area contributed by atoms with Crippen LogP contribution in [0, 0.1) is 0 Å². The fraction of sp³-hybridized carbons (Fsp3) is 0.714. The van der Waals surface area contributed by atoms with Gasteiger partial charge in [-0.3, -0.25) is 14.2 Å². The van der Waals surface area contributed by atoms with Gasteiger partial charge < -0.3 is 10.1 Å². The average molecular weight is 310 g/mol. The lowest BCUT2D eigenvalue weighted by Crippen LogP contribution is -2.34. The number of nitrogens with one attached hydrogen (secondary N) is 1. The van der Waals surface area contributed by atoms with Crippen LogP contribution in [0.4, 0.5) is 0 Å². The average Bonchev–Trinajstić information content (AvgIpc) is 2.69. The van der Waals surface area contributed by atoms with Crippen molar-refractivity contribution in [2.24, 2.45) is 0 Å². The molecule has 1 aromatic rings. The number of rotatable bonds is 6. The fourth-order valence-electron chi connectivity index (χ4n) is 2.48. The van der Waals surface area contributed by atoms with E-state index in [0.717, 1.165) is 31.5 Å². The van der Waals surface area contributed by atoms with Gasteiger partial charge in [-0.25, -0.2) is 9.48 Å². The van der Waals surface area contributed by atoms with E-state index < -0.39 is 0 Å². The lowest BCUT2D eigenvalue weighted by molar-refractivity contribution is -0.140. The van der Waals surface area contributed by atoms with E-state index in [1.165, 1.54) is 11.8 Å². The first kappa shape index (κ1) is 16.3. The summed E-state index contributed by atoms with van der Waals surface area (Å²) in [5.41, 5.74) is -0.221. The van der Waals surface area contributed by atoms with Crippen molar-refractivity contribution >= 4 is 11.9 Å². The number of carbonyl (C=O) groups is 2. The van der Waals surface area contributed by atoms with Crippen LogP contribution in [0.25, 0.3) is 0 Å². The zero-order valence-corrected chi connectivity index (χ0v) is 12.8. The smallest absolute Gasteiger partial charge is 0.346 e. The van der Waals surface area contributed by atoms with Gasteiger partial charge in [-0.15, -0.1) is 0 Å². The van der Waals surface area contributed by atoms with Gasteiger partial charge in [0, 0.05) is 25.9 Å². The second-order valence-corrected chi connectivity index (χ2v) is 5.35. The summed E-state index contributed by atoms with van der Waals surface area (Å²) in [4.78, 5) is 34.9. The highest BCUT2D eigenvalue weighted by Gasteiger charge is 2.17. The van der Waals surface area contributed by atoms with Crippen LogP contribution in [0.1, 0.15) is 37.9 Å². The van der Waals surface area contributed by atoms with Gasteiger partial charge in [-0.2, -0.15) is 5.10 Å². The molecule has 0 aliphatic carbocycles. The summed E-state index contributed by atoms with van der Waals surface area (Å²) < 4.78 is 7.40. The van der Waals surface area contributed by atoms with Crippen molar-refractivity contribution in [3.63, 3.8) is 0 Å². The molecule has 1 aliphatic rings. The zero-order valence-electron chi connectivity index (χ0n) is 12.8. The minimum atomic E-state index is -0.302. The Bertz CT molecular complexity index is 590. The Hall–Kier alpha value is -2.12. The molecule has 1 amide bonds.